The average Bonchev–Trinajstić information content (AvgIpc) is 2.92. The van der Waals surface area contributed by atoms with Crippen LogP contribution in [0.15, 0.2) is 23.1 Å². The van der Waals surface area contributed by atoms with Crippen molar-refractivity contribution >= 4 is 34.1 Å². The molecule has 0 saturated carbocycles. The summed E-state index contributed by atoms with van der Waals surface area (Å²) in [4.78, 5) is 28.8. The quantitative estimate of drug-likeness (QED) is 0.155. The highest BCUT2D eigenvalue weighted by Gasteiger charge is 2.30. The molecule has 1 atom stereocenters. The van der Waals surface area contributed by atoms with E-state index in [0.29, 0.717) is 36.6 Å². The van der Waals surface area contributed by atoms with Gasteiger partial charge in [0.15, 0.2) is 28.9 Å². The van der Waals surface area contributed by atoms with Crippen LogP contribution in [0.25, 0.3) is 28.0 Å². The zero-order valence-corrected chi connectivity index (χ0v) is 22.9. The minimum Gasteiger partial charge on any atom is -0.397 e. The molecule has 3 N–H and O–H groups in total. The molecule has 40 heavy (non-hydrogen) atoms. The van der Waals surface area contributed by atoms with Crippen molar-refractivity contribution in [1.82, 2.24) is 24.8 Å². The van der Waals surface area contributed by atoms with Gasteiger partial charge in [-0.05, 0) is 37.5 Å². The Kier molecular flexibility index (Phi) is 7.17. The third-order valence-corrected chi connectivity index (χ3v) is 7.41. The Balaban J connectivity index is 1.95. The van der Waals surface area contributed by atoms with Crippen LogP contribution in [-0.2, 0) is 0 Å². The molecule has 5 rings (SSSR count). The van der Waals surface area contributed by atoms with Crippen LogP contribution in [0.3, 0.4) is 0 Å². The van der Waals surface area contributed by atoms with Gasteiger partial charge in [0.2, 0.25) is 0 Å². The molecule has 0 radical (unpaired) electrons. The first-order valence-electron chi connectivity index (χ1n) is 12.6. The second kappa shape index (κ2) is 10.3. The van der Waals surface area contributed by atoms with Gasteiger partial charge in [-0.25, -0.2) is 31.9 Å². The summed E-state index contributed by atoms with van der Waals surface area (Å²) in [6, 6.07) is 2.63. The fourth-order valence-corrected chi connectivity index (χ4v) is 5.20. The number of hydrogen-bond donors (Lipinski definition) is 2. The standard InChI is InChI=1S/C27H26ClF4N7O/c1-11(2)22-24(12(3)5-6-35-22)39-26-14(25(37-27(39)40)38-8-7-34-10-13(38)4)9-15(29)23(36-26)16-18(30)20(32)19(31)17(28)21(16)33/h5-6,9,11,13,34H,7-8,10,33H2,1-4H3/t13-/m0/s1. The van der Waals surface area contributed by atoms with Crippen molar-refractivity contribution in [3.63, 3.8) is 0 Å². The summed E-state index contributed by atoms with van der Waals surface area (Å²) in [6.45, 7) is 9.13. The molecule has 1 aliphatic rings. The van der Waals surface area contributed by atoms with Crippen molar-refractivity contribution in [2.24, 2.45) is 0 Å². The number of pyridine rings is 2. The number of aryl methyl sites for hydroxylation is 1. The van der Waals surface area contributed by atoms with E-state index in [2.05, 4.69) is 20.3 Å². The van der Waals surface area contributed by atoms with Gasteiger partial charge in [-0.2, -0.15) is 4.98 Å². The highest BCUT2D eigenvalue weighted by Crippen LogP contribution is 2.40. The van der Waals surface area contributed by atoms with Crippen LogP contribution >= 0.6 is 11.6 Å². The lowest BCUT2D eigenvalue weighted by Gasteiger charge is -2.35. The molecule has 1 saturated heterocycles. The minimum absolute atomic E-state index is 0.0882. The van der Waals surface area contributed by atoms with Gasteiger partial charge in [0.25, 0.3) is 0 Å². The van der Waals surface area contributed by atoms with Crippen LogP contribution in [0.2, 0.25) is 5.02 Å². The van der Waals surface area contributed by atoms with Crippen molar-refractivity contribution in [1.29, 1.82) is 0 Å². The maximum absolute atomic E-state index is 15.8. The Morgan fingerprint density at radius 1 is 1.15 bits per heavy atom. The van der Waals surface area contributed by atoms with E-state index in [4.69, 9.17) is 17.3 Å². The predicted octanol–water partition coefficient (Wildman–Crippen LogP) is 4.86. The van der Waals surface area contributed by atoms with E-state index in [1.165, 1.54) is 4.57 Å². The topological polar surface area (TPSA) is 102 Å². The molecule has 1 aliphatic heterocycles. The number of nitrogens with one attached hydrogen (secondary N) is 1. The Bertz CT molecular complexity index is 1700. The smallest absolute Gasteiger partial charge is 0.355 e. The maximum Gasteiger partial charge on any atom is 0.355 e. The van der Waals surface area contributed by atoms with Gasteiger partial charge < -0.3 is 16.0 Å². The summed E-state index contributed by atoms with van der Waals surface area (Å²) in [6.07, 6.45) is 1.60. The van der Waals surface area contributed by atoms with E-state index in [1.807, 2.05) is 25.7 Å². The van der Waals surface area contributed by atoms with Gasteiger partial charge in [0.05, 0.1) is 28.0 Å². The Morgan fingerprint density at radius 3 is 2.55 bits per heavy atom. The second-order valence-corrected chi connectivity index (χ2v) is 10.4. The van der Waals surface area contributed by atoms with Crippen LogP contribution in [0.5, 0.6) is 0 Å². The molecule has 0 spiro atoms. The molecule has 4 heterocycles. The molecule has 3 aromatic heterocycles. The lowest BCUT2D eigenvalue weighted by molar-refractivity contribution is 0.449. The van der Waals surface area contributed by atoms with Gasteiger partial charge in [0.1, 0.15) is 16.5 Å². The summed E-state index contributed by atoms with van der Waals surface area (Å²) < 4.78 is 60.5. The zero-order valence-electron chi connectivity index (χ0n) is 22.1. The third kappa shape index (κ3) is 4.35. The summed E-state index contributed by atoms with van der Waals surface area (Å²) in [7, 11) is 0. The Morgan fingerprint density at radius 2 is 1.88 bits per heavy atom. The molecule has 4 aromatic rings. The molecule has 8 nitrogen and oxygen atoms in total. The molecular formula is C27H26ClF4N7O. The van der Waals surface area contributed by atoms with E-state index >= 15 is 8.78 Å². The Hall–Kier alpha value is -3.77. The van der Waals surface area contributed by atoms with Crippen LogP contribution in [0.4, 0.5) is 29.1 Å². The number of aromatic nitrogens is 4. The van der Waals surface area contributed by atoms with Gasteiger partial charge in [-0.1, -0.05) is 25.4 Å². The molecular weight excluding hydrogens is 550 g/mol. The zero-order chi connectivity index (χ0) is 29.0. The number of rotatable bonds is 4. The number of halogens is 5. The van der Waals surface area contributed by atoms with Crippen molar-refractivity contribution < 1.29 is 17.6 Å². The molecule has 0 amide bonds. The van der Waals surface area contributed by atoms with Gasteiger partial charge in [-0.3, -0.25) is 4.98 Å². The molecule has 0 aliphatic carbocycles. The van der Waals surface area contributed by atoms with Crippen LogP contribution < -0.4 is 21.6 Å². The van der Waals surface area contributed by atoms with Gasteiger partial charge in [-0.15, -0.1) is 0 Å². The van der Waals surface area contributed by atoms with Gasteiger partial charge >= 0.3 is 5.69 Å². The van der Waals surface area contributed by atoms with Crippen molar-refractivity contribution in [3.8, 4) is 16.9 Å². The molecule has 1 aromatic carbocycles. The van der Waals surface area contributed by atoms with E-state index in [1.54, 1.807) is 19.2 Å². The van der Waals surface area contributed by atoms with Crippen LogP contribution in [0.1, 0.15) is 37.9 Å². The summed E-state index contributed by atoms with van der Waals surface area (Å²) in [5.41, 5.74) is 4.26. The average molecular weight is 576 g/mol. The highest BCUT2D eigenvalue weighted by atomic mass is 35.5. The first-order valence-corrected chi connectivity index (χ1v) is 13.0. The molecule has 13 heteroatoms. The fraction of sp³-hybridized carbons (Fsp3) is 0.333. The third-order valence-electron chi connectivity index (χ3n) is 7.04. The fourth-order valence-electron chi connectivity index (χ4n) is 5.02. The normalized spacial score (nSPS) is 15.8. The lowest BCUT2D eigenvalue weighted by atomic mass is 10.0. The van der Waals surface area contributed by atoms with Crippen LogP contribution in [-0.4, -0.2) is 45.2 Å². The lowest BCUT2D eigenvalue weighted by Crippen LogP contribution is -2.50. The SMILES string of the molecule is Cc1ccnc(C(C)C)c1-n1c(=O)nc(N2CCNC[C@@H]2C)c2cc(F)c(-c3c(N)c(Cl)c(F)c(F)c3F)nc21. The number of piperazine rings is 1. The van der Waals surface area contributed by atoms with E-state index in [-0.39, 0.29) is 28.8 Å². The number of nitrogens with two attached hydrogens (primary N) is 1. The first kappa shape index (κ1) is 27.8. The van der Waals surface area contributed by atoms with Crippen LogP contribution in [0, 0.1) is 30.2 Å². The number of anilines is 2. The first-order chi connectivity index (χ1) is 18.9. The Labute approximate surface area is 231 Å². The summed E-state index contributed by atoms with van der Waals surface area (Å²) in [5, 5.41) is 2.49. The summed E-state index contributed by atoms with van der Waals surface area (Å²) in [5.74, 6) is -6.43. The van der Waals surface area contributed by atoms with Crippen molar-refractivity contribution in [3.05, 3.63) is 68.4 Å². The molecule has 0 unspecified atom stereocenters. The monoisotopic (exact) mass is 575 g/mol. The predicted molar refractivity (Wildman–Crippen MR) is 146 cm³/mol. The highest BCUT2D eigenvalue weighted by molar-refractivity contribution is 6.34. The number of benzene rings is 1. The molecule has 0 bridgehead atoms. The molecule has 210 valence electrons. The second-order valence-electron chi connectivity index (χ2n) is 10.1. The minimum atomic E-state index is -1.93. The van der Waals surface area contributed by atoms with E-state index in [9.17, 15) is 13.6 Å². The summed E-state index contributed by atoms with van der Waals surface area (Å²) >= 11 is 5.81. The number of nitrogen functional groups attached to an aromatic ring is 1. The number of hydrogen-bond acceptors (Lipinski definition) is 7. The largest absolute Gasteiger partial charge is 0.397 e. The molecule has 1 fully saturated rings. The number of fused-ring (bicyclic) bond motifs is 1. The van der Waals surface area contributed by atoms with E-state index in [0.717, 1.165) is 6.07 Å². The van der Waals surface area contributed by atoms with Gasteiger partial charge in [0, 0.05) is 31.9 Å². The van der Waals surface area contributed by atoms with Crippen molar-refractivity contribution in [2.75, 3.05) is 30.3 Å². The number of nitrogens with zero attached hydrogens (tertiary/aromatic N) is 5. The maximum atomic E-state index is 15.8. The van der Waals surface area contributed by atoms with E-state index < -0.39 is 50.9 Å². The van der Waals surface area contributed by atoms with Crippen molar-refractivity contribution in [2.45, 2.75) is 39.7 Å².